The maximum absolute atomic E-state index is 5.75. The second kappa shape index (κ2) is 6.54. The summed E-state index contributed by atoms with van der Waals surface area (Å²) < 4.78 is 0. The predicted molar refractivity (Wildman–Crippen MR) is 107 cm³/mol. The van der Waals surface area contributed by atoms with Gasteiger partial charge in [-0.25, -0.2) is 0 Å². The Morgan fingerprint density at radius 3 is 2.40 bits per heavy atom. The maximum atomic E-state index is 5.75. The van der Waals surface area contributed by atoms with Gasteiger partial charge in [0.2, 0.25) is 0 Å². The standard InChI is InChI=1S/C24H43N/c1-22-13-5-6-14-24(22,3)21-12-16-23(2)18(8-4-7-17-25)9-10-20(23)19(21)11-15-22/h18-21H,4-17,25H2,1-3H3/t18-,19-,20?,21?,22-,23+,24+/m0/s1. The van der Waals surface area contributed by atoms with Gasteiger partial charge in [0.1, 0.15) is 0 Å². The van der Waals surface area contributed by atoms with Gasteiger partial charge < -0.3 is 5.73 Å². The van der Waals surface area contributed by atoms with E-state index < -0.39 is 0 Å². The third-order valence-electron chi connectivity index (χ3n) is 10.5. The molecule has 25 heavy (non-hydrogen) atoms. The second-order valence-corrected chi connectivity index (χ2v) is 11.2. The Labute approximate surface area is 156 Å². The Morgan fingerprint density at radius 2 is 1.60 bits per heavy atom. The second-order valence-electron chi connectivity index (χ2n) is 11.2. The number of hydrogen-bond donors (Lipinski definition) is 1. The molecule has 0 heterocycles. The van der Waals surface area contributed by atoms with Crippen molar-refractivity contribution >= 4 is 0 Å². The van der Waals surface area contributed by atoms with Crippen LogP contribution in [0.25, 0.3) is 0 Å². The lowest BCUT2D eigenvalue weighted by atomic mass is 9.40. The van der Waals surface area contributed by atoms with Crippen LogP contribution in [0.2, 0.25) is 0 Å². The van der Waals surface area contributed by atoms with Crippen LogP contribution in [0.4, 0.5) is 0 Å². The third-order valence-corrected chi connectivity index (χ3v) is 10.5. The van der Waals surface area contributed by atoms with E-state index in [1.807, 2.05) is 0 Å². The fourth-order valence-corrected chi connectivity index (χ4v) is 8.72. The fourth-order valence-electron chi connectivity index (χ4n) is 8.72. The lowest BCUT2D eigenvalue weighted by Crippen LogP contribution is -2.56. The van der Waals surface area contributed by atoms with Gasteiger partial charge in [0.15, 0.2) is 0 Å². The van der Waals surface area contributed by atoms with Gasteiger partial charge in [0.25, 0.3) is 0 Å². The molecule has 0 bridgehead atoms. The molecular weight excluding hydrogens is 302 g/mol. The molecule has 0 aromatic rings. The number of fused-ring (bicyclic) bond motifs is 5. The van der Waals surface area contributed by atoms with Crippen molar-refractivity contribution in [3.63, 3.8) is 0 Å². The predicted octanol–water partition coefficient (Wildman–Crippen LogP) is 6.55. The van der Waals surface area contributed by atoms with Gasteiger partial charge in [-0.1, -0.05) is 40.0 Å². The smallest absolute Gasteiger partial charge is 0.00773 e. The fraction of sp³-hybridized carbons (Fsp3) is 1.00. The van der Waals surface area contributed by atoms with Gasteiger partial charge in [-0.15, -0.1) is 0 Å². The highest BCUT2D eigenvalue weighted by Gasteiger charge is 2.62. The van der Waals surface area contributed by atoms with Crippen LogP contribution in [0.15, 0.2) is 0 Å². The Kier molecular flexibility index (Phi) is 4.79. The molecule has 1 heteroatoms. The van der Waals surface area contributed by atoms with Crippen LogP contribution in [0.1, 0.15) is 104 Å². The summed E-state index contributed by atoms with van der Waals surface area (Å²) in [4.78, 5) is 0. The number of rotatable bonds is 4. The van der Waals surface area contributed by atoms with E-state index in [1.54, 1.807) is 6.42 Å². The van der Waals surface area contributed by atoms with Gasteiger partial charge in [0.05, 0.1) is 0 Å². The Hall–Kier alpha value is -0.0400. The largest absolute Gasteiger partial charge is 0.330 e. The van der Waals surface area contributed by atoms with Gasteiger partial charge in [-0.3, -0.25) is 0 Å². The highest BCUT2D eigenvalue weighted by Crippen LogP contribution is 2.70. The molecule has 4 aliphatic rings. The van der Waals surface area contributed by atoms with Crippen molar-refractivity contribution in [2.24, 2.45) is 45.7 Å². The molecule has 1 nitrogen and oxygen atoms in total. The Bertz CT molecular complexity index is 486. The van der Waals surface area contributed by atoms with Crippen molar-refractivity contribution in [3.05, 3.63) is 0 Å². The molecule has 7 atom stereocenters. The molecule has 0 aromatic heterocycles. The van der Waals surface area contributed by atoms with E-state index in [0.717, 1.165) is 30.2 Å². The molecule has 0 radical (unpaired) electrons. The first-order chi connectivity index (χ1) is 11.9. The number of hydrogen-bond acceptors (Lipinski definition) is 1. The first-order valence-corrected chi connectivity index (χ1v) is 11.6. The minimum absolute atomic E-state index is 0.646. The van der Waals surface area contributed by atoms with Crippen molar-refractivity contribution in [2.45, 2.75) is 104 Å². The Balaban J connectivity index is 1.54. The molecule has 0 saturated heterocycles. The summed E-state index contributed by atoms with van der Waals surface area (Å²) in [6, 6.07) is 0. The van der Waals surface area contributed by atoms with E-state index in [-0.39, 0.29) is 0 Å². The quantitative estimate of drug-likeness (QED) is 0.574. The molecule has 0 aliphatic heterocycles. The van der Waals surface area contributed by atoms with Crippen molar-refractivity contribution < 1.29 is 0 Å². The van der Waals surface area contributed by atoms with Crippen molar-refractivity contribution in [1.82, 2.24) is 0 Å². The summed E-state index contributed by atoms with van der Waals surface area (Å²) in [5.74, 6) is 4.12. The zero-order valence-electron chi connectivity index (χ0n) is 17.3. The zero-order valence-corrected chi connectivity index (χ0v) is 17.3. The van der Waals surface area contributed by atoms with E-state index in [0.29, 0.717) is 16.2 Å². The molecule has 2 unspecified atom stereocenters. The highest BCUT2D eigenvalue weighted by atomic mass is 14.7. The van der Waals surface area contributed by atoms with E-state index in [4.69, 9.17) is 5.73 Å². The van der Waals surface area contributed by atoms with Gasteiger partial charge in [-0.2, -0.15) is 0 Å². The van der Waals surface area contributed by atoms with Gasteiger partial charge in [0, 0.05) is 0 Å². The van der Waals surface area contributed by atoms with Crippen LogP contribution in [-0.2, 0) is 0 Å². The number of unbranched alkanes of at least 4 members (excludes halogenated alkanes) is 1. The van der Waals surface area contributed by atoms with Crippen molar-refractivity contribution in [2.75, 3.05) is 6.54 Å². The summed E-state index contributed by atoms with van der Waals surface area (Å²) in [5.41, 5.74) is 7.71. The molecule has 4 rings (SSSR count). The first-order valence-electron chi connectivity index (χ1n) is 11.6. The minimum atomic E-state index is 0.646. The normalized spacial score (nSPS) is 52.3. The van der Waals surface area contributed by atoms with E-state index in [2.05, 4.69) is 20.8 Å². The lowest BCUT2D eigenvalue weighted by Gasteiger charge is -2.64. The van der Waals surface area contributed by atoms with Crippen LogP contribution in [0.3, 0.4) is 0 Å². The third kappa shape index (κ3) is 2.66. The molecule has 4 saturated carbocycles. The number of nitrogens with two attached hydrogens (primary N) is 1. The summed E-state index contributed by atoms with van der Waals surface area (Å²) in [5, 5.41) is 0. The monoisotopic (exact) mass is 345 g/mol. The van der Waals surface area contributed by atoms with Gasteiger partial charge >= 0.3 is 0 Å². The molecule has 0 aromatic carbocycles. The van der Waals surface area contributed by atoms with Crippen LogP contribution < -0.4 is 5.73 Å². The van der Waals surface area contributed by atoms with E-state index >= 15 is 0 Å². The highest BCUT2D eigenvalue weighted by molar-refractivity contribution is 5.11. The molecule has 144 valence electrons. The molecule has 0 amide bonds. The molecule has 4 aliphatic carbocycles. The summed E-state index contributed by atoms with van der Waals surface area (Å²) >= 11 is 0. The average Bonchev–Trinajstić information content (AvgIpc) is 2.92. The van der Waals surface area contributed by atoms with Crippen LogP contribution >= 0.6 is 0 Å². The summed E-state index contributed by atoms with van der Waals surface area (Å²) in [6.45, 7) is 8.97. The van der Waals surface area contributed by atoms with Gasteiger partial charge in [-0.05, 0) is 111 Å². The zero-order chi connectivity index (χ0) is 17.7. The van der Waals surface area contributed by atoms with Crippen molar-refractivity contribution in [3.8, 4) is 0 Å². The Morgan fingerprint density at radius 1 is 0.800 bits per heavy atom. The van der Waals surface area contributed by atoms with Crippen LogP contribution in [0, 0.1) is 39.9 Å². The average molecular weight is 346 g/mol. The van der Waals surface area contributed by atoms with Crippen LogP contribution in [0.5, 0.6) is 0 Å². The molecule has 0 spiro atoms. The summed E-state index contributed by atoms with van der Waals surface area (Å²) in [6.07, 6.45) is 19.3. The first kappa shape index (κ1) is 18.3. The molecular formula is C24H43N. The lowest BCUT2D eigenvalue weighted by molar-refractivity contribution is -0.152. The van der Waals surface area contributed by atoms with E-state index in [1.165, 1.54) is 77.0 Å². The van der Waals surface area contributed by atoms with Crippen molar-refractivity contribution in [1.29, 1.82) is 0 Å². The topological polar surface area (TPSA) is 26.0 Å². The SMILES string of the molecule is C[C@@]12CCCC[C@]1(C)C1CC[C@@]3(C)C(CC[C@@H]3CCCCN)[C@@H]1CC2. The van der Waals surface area contributed by atoms with E-state index in [9.17, 15) is 0 Å². The summed E-state index contributed by atoms with van der Waals surface area (Å²) in [7, 11) is 0. The molecule has 4 fully saturated rings. The maximum Gasteiger partial charge on any atom is -0.00773 e. The van der Waals surface area contributed by atoms with Crippen LogP contribution in [-0.4, -0.2) is 6.54 Å². The molecule has 2 N–H and O–H groups in total. The minimum Gasteiger partial charge on any atom is -0.330 e.